The molecule has 1 aliphatic rings. The number of rotatable bonds is 5. The summed E-state index contributed by atoms with van der Waals surface area (Å²) in [7, 11) is 0. The quantitative estimate of drug-likeness (QED) is 0.837. The van der Waals surface area contributed by atoms with Gasteiger partial charge in [0.1, 0.15) is 18.0 Å². The molecule has 1 unspecified atom stereocenters. The van der Waals surface area contributed by atoms with E-state index in [1.807, 2.05) is 0 Å². The molecule has 0 spiro atoms. The monoisotopic (exact) mass is 250 g/mol. The molecule has 18 heavy (non-hydrogen) atoms. The van der Waals surface area contributed by atoms with Crippen molar-refractivity contribution in [3.05, 3.63) is 11.9 Å². The molecule has 1 aliphatic heterocycles. The molecule has 1 fully saturated rings. The summed E-state index contributed by atoms with van der Waals surface area (Å²) >= 11 is 0. The maximum atomic E-state index is 5.90. The number of nitrogens with one attached hydrogen (secondary N) is 1. The molecule has 100 valence electrons. The summed E-state index contributed by atoms with van der Waals surface area (Å²) < 4.78 is 5.59. The van der Waals surface area contributed by atoms with Crippen LogP contribution >= 0.6 is 0 Å². The van der Waals surface area contributed by atoms with E-state index in [0.717, 1.165) is 31.0 Å². The van der Waals surface area contributed by atoms with Crippen molar-refractivity contribution >= 4 is 11.6 Å². The highest BCUT2D eigenvalue weighted by atomic mass is 16.5. The van der Waals surface area contributed by atoms with Gasteiger partial charge in [0.15, 0.2) is 0 Å². The van der Waals surface area contributed by atoms with Crippen LogP contribution in [0.1, 0.15) is 44.6 Å². The van der Waals surface area contributed by atoms with E-state index in [9.17, 15) is 0 Å². The average Bonchev–Trinajstić information content (AvgIpc) is 2.81. The van der Waals surface area contributed by atoms with Crippen LogP contribution < -0.4 is 11.1 Å². The highest BCUT2D eigenvalue weighted by molar-refractivity contribution is 5.56. The number of nitrogen functional groups attached to an aromatic ring is 1. The molecule has 0 amide bonds. The maximum absolute atomic E-state index is 5.90. The molecule has 0 radical (unpaired) electrons. The lowest BCUT2D eigenvalue weighted by atomic mass is 10.0. The molecule has 1 aromatic heterocycles. The predicted octanol–water partition coefficient (Wildman–Crippen LogP) is 2.16. The fourth-order valence-electron chi connectivity index (χ4n) is 2.34. The van der Waals surface area contributed by atoms with Gasteiger partial charge in [0, 0.05) is 18.7 Å². The first-order valence-electron chi connectivity index (χ1n) is 6.64. The molecule has 2 rings (SSSR count). The van der Waals surface area contributed by atoms with Gasteiger partial charge in [-0.3, -0.25) is 0 Å². The van der Waals surface area contributed by atoms with Crippen LogP contribution in [0.3, 0.4) is 0 Å². The van der Waals surface area contributed by atoms with Gasteiger partial charge >= 0.3 is 0 Å². The summed E-state index contributed by atoms with van der Waals surface area (Å²) in [6.45, 7) is 5.96. The van der Waals surface area contributed by atoms with Crippen molar-refractivity contribution in [1.29, 1.82) is 0 Å². The largest absolute Gasteiger partial charge is 0.383 e. The first-order valence-corrected chi connectivity index (χ1v) is 6.64. The van der Waals surface area contributed by atoms with Crippen LogP contribution in [0.2, 0.25) is 0 Å². The van der Waals surface area contributed by atoms with Gasteiger partial charge in [-0.2, -0.15) is 0 Å². The third-order valence-corrected chi connectivity index (χ3v) is 3.27. The van der Waals surface area contributed by atoms with Crippen LogP contribution in [-0.4, -0.2) is 29.2 Å². The van der Waals surface area contributed by atoms with E-state index in [1.54, 1.807) is 0 Å². The van der Waals surface area contributed by atoms with Crippen LogP contribution in [0.4, 0.5) is 11.6 Å². The zero-order chi connectivity index (χ0) is 13.0. The zero-order valence-electron chi connectivity index (χ0n) is 11.1. The van der Waals surface area contributed by atoms with E-state index in [-0.39, 0.29) is 0 Å². The van der Waals surface area contributed by atoms with E-state index >= 15 is 0 Å². The molecule has 1 saturated heterocycles. The highest BCUT2D eigenvalue weighted by Gasteiger charge is 2.16. The number of hydrogen-bond acceptors (Lipinski definition) is 5. The summed E-state index contributed by atoms with van der Waals surface area (Å²) in [6.07, 6.45) is 5.28. The molecular formula is C13H22N4O. The molecule has 0 saturated carbocycles. The van der Waals surface area contributed by atoms with Gasteiger partial charge in [0.2, 0.25) is 0 Å². The fraction of sp³-hybridized carbons (Fsp3) is 0.692. The Morgan fingerprint density at radius 2 is 2.33 bits per heavy atom. The summed E-state index contributed by atoms with van der Waals surface area (Å²) in [6, 6.07) is 0. The minimum absolute atomic E-state index is 0.316. The molecule has 0 bridgehead atoms. The molecule has 0 aliphatic carbocycles. The van der Waals surface area contributed by atoms with Gasteiger partial charge in [0.25, 0.3) is 0 Å². The van der Waals surface area contributed by atoms with E-state index in [1.165, 1.54) is 19.2 Å². The Hall–Kier alpha value is -1.36. The Morgan fingerprint density at radius 3 is 3.00 bits per heavy atom. The number of anilines is 2. The lowest BCUT2D eigenvalue weighted by Crippen LogP contribution is -2.15. The molecule has 0 aromatic carbocycles. The second-order valence-corrected chi connectivity index (χ2v) is 5.03. The lowest BCUT2D eigenvalue weighted by Gasteiger charge is -2.16. The van der Waals surface area contributed by atoms with Gasteiger partial charge < -0.3 is 15.8 Å². The Morgan fingerprint density at radius 1 is 1.50 bits per heavy atom. The molecule has 5 nitrogen and oxygen atoms in total. The van der Waals surface area contributed by atoms with Crippen LogP contribution in [0.5, 0.6) is 0 Å². The van der Waals surface area contributed by atoms with E-state index in [2.05, 4.69) is 29.1 Å². The van der Waals surface area contributed by atoms with Gasteiger partial charge in [-0.1, -0.05) is 13.8 Å². The SMILES string of the molecule is CC(C)c1c(N)ncnc1NCCC1CCCO1. The third kappa shape index (κ3) is 3.10. The summed E-state index contributed by atoms with van der Waals surface area (Å²) in [5.74, 6) is 1.74. The van der Waals surface area contributed by atoms with Crippen molar-refractivity contribution in [3.8, 4) is 0 Å². The second-order valence-electron chi connectivity index (χ2n) is 5.03. The normalized spacial score (nSPS) is 19.4. The zero-order valence-corrected chi connectivity index (χ0v) is 11.1. The van der Waals surface area contributed by atoms with Crippen molar-refractivity contribution in [2.45, 2.75) is 45.1 Å². The van der Waals surface area contributed by atoms with Gasteiger partial charge in [0.05, 0.1) is 6.10 Å². The van der Waals surface area contributed by atoms with Crippen LogP contribution in [0, 0.1) is 0 Å². The Balaban J connectivity index is 1.93. The Labute approximate surface area is 108 Å². The Bertz CT molecular complexity index is 389. The highest BCUT2D eigenvalue weighted by Crippen LogP contribution is 2.26. The minimum atomic E-state index is 0.316. The lowest BCUT2D eigenvalue weighted by molar-refractivity contribution is 0.107. The molecule has 1 aromatic rings. The van der Waals surface area contributed by atoms with Crippen molar-refractivity contribution in [2.24, 2.45) is 0 Å². The van der Waals surface area contributed by atoms with E-state index < -0.39 is 0 Å². The third-order valence-electron chi connectivity index (χ3n) is 3.27. The molecule has 3 N–H and O–H groups in total. The predicted molar refractivity (Wildman–Crippen MR) is 72.6 cm³/mol. The van der Waals surface area contributed by atoms with Gasteiger partial charge in [-0.25, -0.2) is 9.97 Å². The average molecular weight is 250 g/mol. The first-order chi connectivity index (χ1) is 8.68. The van der Waals surface area contributed by atoms with Crippen molar-refractivity contribution in [1.82, 2.24) is 9.97 Å². The second kappa shape index (κ2) is 6.00. The molecular weight excluding hydrogens is 228 g/mol. The summed E-state index contributed by atoms with van der Waals surface area (Å²) in [5, 5.41) is 3.35. The van der Waals surface area contributed by atoms with Gasteiger partial charge in [-0.05, 0) is 25.2 Å². The van der Waals surface area contributed by atoms with Crippen molar-refractivity contribution in [3.63, 3.8) is 0 Å². The van der Waals surface area contributed by atoms with Crippen molar-refractivity contribution in [2.75, 3.05) is 24.2 Å². The standard InChI is InChI=1S/C13H22N4O/c1-9(2)11-12(14)16-8-17-13(11)15-6-5-10-4-3-7-18-10/h8-10H,3-7H2,1-2H3,(H3,14,15,16,17). The number of hydrogen-bond donors (Lipinski definition) is 2. The summed E-state index contributed by atoms with van der Waals surface area (Å²) in [5.41, 5.74) is 6.90. The number of ether oxygens (including phenoxy) is 1. The van der Waals surface area contributed by atoms with Gasteiger partial charge in [-0.15, -0.1) is 0 Å². The minimum Gasteiger partial charge on any atom is -0.383 e. The Kier molecular flexibility index (Phi) is 4.36. The topological polar surface area (TPSA) is 73.1 Å². The molecule has 1 atom stereocenters. The number of nitrogens with zero attached hydrogens (tertiary/aromatic N) is 2. The first kappa shape index (κ1) is 13.1. The van der Waals surface area contributed by atoms with E-state index in [0.29, 0.717) is 17.8 Å². The van der Waals surface area contributed by atoms with Crippen LogP contribution in [-0.2, 0) is 4.74 Å². The maximum Gasteiger partial charge on any atom is 0.134 e. The fourth-order valence-corrected chi connectivity index (χ4v) is 2.34. The molecule has 2 heterocycles. The molecule has 5 heteroatoms. The van der Waals surface area contributed by atoms with Crippen LogP contribution in [0.15, 0.2) is 6.33 Å². The number of nitrogens with two attached hydrogens (primary N) is 1. The number of aromatic nitrogens is 2. The van der Waals surface area contributed by atoms with Crippen LogP contribution in [0.25, 0.3) is 0 Å². The summed E-state index contributed by atoms with van der Waals surface area (Å²) in [4.78, 5) is 8.33. The smallest absolute Gasteiger partial charge is 0.134 e. The van der Waals surface area contributed by atoms with Crippen molar-refractivity contribution < 1.29 is 4.74 Å². The van der Waals surface area contributed by atoms with E-state index in [4.69, 9.17) is 10.5 Å².